The fraction of sp³-hybridized carbons (Fsp3) is 0.462. The molecule has 1 amide bonds. The molecule has 7 heteroatoms. The molecule has 0 bridgehead atoms. The highest BCUT2D eigenvalue weighted by Gasteiger charge is 2.39. The van der Waals surface area contributed by atoms with Crippen molar-refractivity contribution in [3.8, 4) is 0 Å². The third kappa shape index (κ3) is 3.00. The Morgan fingerprint density at radius 3 is 2.75 bits per heavy atom. The maximum atomic E-state index is 12.5. The first-order valence-electron chi connectivity index (χ1n) is 6.56. The summed E-state index contributed by atoms with van der Waals surface area (Å²) in [4.78, 5) is 17.0. The SMILES string of the molecule is CCONC(=O)C1CCCN1S(=O)(=O)c1ccccc1. The number of hydroxylamine groups is 1. The molecule has 6 nitrogen and oxygen atoms in total. The number of nitrogens with one attached hydrogen (secondary N) is 1. The number of nitrogens with zero attached hydrogens (tertiary/aromatic N) is 1. The lowest BCUT2D eigenvalue weighted by molar-refractivity contribution is -0.136. The number of hydrogen-bond donors (Lipinski definition) is 1. The van der Waals surface area contributed by atoms with Gasteiger partial charge in [0.05, 0.1) is 11.5 Å². The zero-order valence-corrected chi connectivity index (χ0v) is 12.1. The van der Waals surface area contributed by atoms with Gasteiger partial charge in [-0.2, -0.15) is 4.31 Å². The number of amides is 1. The molecule has 1 atom stereocenters. The van der Waals surface area contributed by atoms with E-state index in [2.05, 4.69) is 5.48 Å². The minimum atomic E-state index is -3.64. The van der Waals surface area contributed by atoms with E-state index in [0.717, 1.165) is 0 Å². The molecule has 1 aliphatic rings. The van der Waals surface area contributed by atoms with Crippen LogP contribution >= 0.6 is 0 Å². The Labute approximate surface area is 118 Å². The summed E-state index contributed by atoms with van der Waals surface area (Å²) in [6.45, 7) is 2.43. The van der Waals surface area contributed by atoms with Crippen LogP contribution in [-0.2, 0) is 19.7 Å². The van der Waals surface area contributed by atoms with E-state index in [9.17, 15) is 13.2 Å². The molecule has 1 N–H and O–H groups in total. The highest BCUT2D eigenvalue weighted by molar-refractivity contribution is 7.89. The van der Waals surface area contributed by atoms with Crippen molar-refractivity contribution in [1.29, 1.82) is 0 Å². The second-order valence-electron chi connectivity index (χ2n) is 4.49. The standard InChI is InChI=1S/C13H18N2O4S/c1-2-19-14-13(16)12-9-6-10-15(12)20(17,18)11-7-4-3-5-8-11/h3-5,7-8,12H,2,6,9-10H2,1H3,(H,14,16). The van der Waals surface area contributed by atoms with Crippen molar-refractivity contribution >= 4 is 15.9 Å². The van der Waals surface area contributed by atoms with Crippen LogP contribution in [0.5, 0.6) is 0 Å². The molecular weight excluding hydrogens is 280 g/mol. The predicted octanol–water partition coefficient (Wildman–Crippen LogP) is 0.907. The Hall–Kier alpha value is -1.44. The molecule has 110 valence electrons. The lowest BCUT2D eigenvalue weighted by Crippen LogP contribution is -2.45. The summed E-state index contributed by atoms with van der Waals surface area (Å²) >= 11 is 0. The molecule has 1 heterocycles. The maximum Gasteiger partial charge on any atom is 0.261 e. The summed E-state index contributed by atoms with van der Waals surface area (Å²) in [5.41, 5.74) is 2.28. The van der Waals surface area contributed by atoms with Gasteiger partial charge in [0.2, 0.25) is 10.0 Å². The smallest absolute Gasteiger partial charge is 0.261 e. The minimum Gasteiger partial charge on any atom is -0.274 e. The van der Waals surface area contributed by atoms with Crippen molar-refractivity contribution in [2.45, 2.75) is 30.7 Å². The quantitative estimate of drug-likeness (QED) is 0.820. The number of hydrogen-bond acceptors (Lipinski definition) is 4. The average molecular weight is 298 g/mol. The van der Waals surface area contributed by atoms with E-state index in [1.54, 1.807) is 25.1 Å². The number of sulfonamides is 1. The zero-order valence-electron chi connectivity index (χ0n) is 11.3. The van der Waals surface area contributed by atoms with E-state index in [1.165, 1.54) is 16.4 Å². The molecule has 2 rings (SSSR count). The Kier molecular flexibility index (Phi) is 4.74. The van der Waals surface area contributed by atoms with Crippen LogP contribution in [0.25, 0.3) is 0 Å². The van der Waals surface area contributed by atoms with Crippen LogP contribution in [0, 0.1) is 0 Å². The van der Waals surface area contributed by atoms with Gasteiger partial charge in [0.25, 0.3) is 5.91 Å². The molecule has 1 aliphatic heterocycles. The van der Waals surface area contributed by atoms with E-state index in [-0.39, 0.29) is 4.90 Å². The maximum absolute atomic E-state index is 12.5. The summed E-state index contributed by atoms with van der Waals surface area (Å²) in [6, 6.07) is 7.45. The molecule has 1 aromatic carbocycles. The lowest BCUT2D eigenvalue weighted by Gasteiger charge is -2.23. The van der Waals surface area contributed by atoms with Gasteiger partial charge < -0.3 is 0 Å². The Morgan fingerprint density at radius 1 is 1.40 bits per heavy atom. The summed E-state index contributed by atoms with van der Waals surface area (Å²) in [5, 5.41) is 0. The summed E-state index contributed by atoms with van der Waals surface area (Å²) < 4.78 is 26.3. The molecule has 1 fully saturated rings. The highest BCUT2D eigenvalue weighted by atomic mass is 32.2. The fourth-order valence-electron chi connectivity index (χ4n) is 2.23. The monoisotopic (exact) mass is 298 g/mol. The predicted molar refractivity (Wildman–Crippen MR) is 73.1 cm³/mol. The van der Waals surface area contributed by atoms with Gasteiger partial charge in [-0.25, -0.2) is 13.9 Å². The van der Waals surface area contributed by atoms with Gasteiger partial charge in [0, 0.05) is 6.54 Å². The average Bonchev–Trinajstić information content (AvgIpc) is 2.96. The van der Waals surface area contributed by atoms with Gasteiger partial charge in [-0.3, -0.25) is 9.63 Å². The molecule has 1 saturated heterocycles. The van der Waals surface area contributed by atoms with Crippen molar-refractivity contribution in [2.24, 2.45) is 0 Å². The molecule has 1 unspecified atom stereocenters. The largest absolute Gasteiger partial charge is 0.274 e. The minimum absolute atomic E-state index is 0.205. The van der Waals surface area contributed by atoms with E-state index in [4.69, 9.17) is 4.84 Å². The lowest BCUT2D eigenvalue weighted by atomic mass is 10.2. The van der Waals surface area contributed by atoms with Gasteiger partial charge in [0.1, 0.15) is 6.04 Å². The van der Waals surface area contributed by atoms with E-state index < -0.39 is 22.0 Å². The molecular formula is C13H18N2O4S. The normalized spacial score (nSPS) is 19.9. The van der Waals surface area contributed by atoms with Gasteiger partial charge in [-0.1, -0.05) is 18.2 Å². The number of rotatable bonds is 5. The Morgan fingerprint density at radius 2 is 2.10 bits per heavy atom. The zero-order chi connectivity index (χ0) is 14.6. The third-order valence-corrected chi connectivity index (χ3v) is 5.10. The van der Waals surface area contributed by atoms with Crippen molar-refractivity contribution < 1.29 is 18.0 Å². The second kappa shape index (κ2) is 6.34. The van der Waals surface area contributed by atoms with Crippen molar-refractivity contribution in [3.05, 3.63) is 30.3 Å². The van der Waals surface area contributed by atoms with Gasteiger partial charge in [0.15, 0.2) is 0 Å². The third-order valence-electron chi connectivity index (χ3n) is 3.17. The van der Waals surface area contributed by atoms with Crippen LogP contribution in [0.2, 0.25) is 0 Å². The first-order valence-corrected chi connectivity index (χ1v) is 8.00. The van der Waals surface area contributed by atoms with Crippen molar-refractivity contribution in [3.63, 3.8) is 0 Å². The Balaban J connectivity index is 2.20. The van der Waals surface area contributed by atoms with Crippen molar-refractivity contribution in [2.75, 3.05) is 13.2 Å². The van der Waals surface area contributed by atoms with E-state index in [1.807, 2.05) is 0 Å². The molecule has 0 radical (unpaired) electrons. The van der Waals surface area contributed by atoms with Crippen LogP contribution < -0.4 is 5.48 Å². The number of benzene rings is 1. The Bertz CT molecular complexity index is 559. The summed E-state index contributed by atoms with van der Waals surface area (Å²) in [7, 11) is -3.64. The van der Waals surface area contributed by atoms with Crippen LogP contribution in [0.1, 0.15) is 19.8 Å². The first-order chi connectivity index (χ1) is 9.57. The molecule has 0 aliphatic carbocycles. The molecule has 0 spiro atoms. The molecule has 0 saturated carbocycles. The van der Waals surface area contributed by atoms with E-state index >= 15 is 0 Å². The topological polar surface area (TPSA) is 75.7 Å². The highest BCUT2D eigenvalue weighted by Crippen LogP contribution is 2.25. The molecule has 0 aromatic heterocycles. The number of carbonyl (C=O) groups is 1. The fourth-order valence-corrected chi connectivity index (χ4v) is 3.91. The summed E-state index contributed by atoms with van der Waals surface area (Å²) in [6.07, 6.45) is 1.17. The van der Waals surface area contributed by atoms with Crippen LogP contribution in [0.4, 0.5) is 0 Å². The summed E-state index contributed by atoms with van der Waals surface area (Å²) in [5.74, 6) is -0.413. The molecule has 1 aromatic rings. The van der Waals surface area contributed by atoms with Crippen LogP contribution in [0.3, 0.4) is 0 Å². The van der Waals surface area contributed by atoms with Crippen molar-refractivity contribution in [1.82, 2.24) is 9.79 Å². The van der Waals surface area contributed by atoms with Crippen LogP contribution in [-0.4, -0.2) is 37.8 Å². The van der Waals surface area contributed by atoms with E-state index in [0.29, 0.717) is 26.0 Å². The second-order valence-corrected chi connectivity index (χ2v) is 6.38. The first kappa shape index (κ1) is 15.0. The van der Waals surface area contributed by atoms with Gasteiger partial charge >= 0.3 is 0 Å². The number of carbonyl (C=O) groups excluding carboxylic acids is 1. The van der Waals surface area contributed by atoms with Gasteiger partial charge in [-0.15, -0.1) is 0 Å². The van der Waals surface area contributed by atoms with Gasteiger partial charge in [-0.05, 0) is 31.9 Å². The molecule has 20 heavy (non-hydrogen) atoms. The van der Waals surface area contributed by atoms with Crippen LogP contribution in [0.15, 0.2) is 35.2 Å².